The molecule has 2 amide bonds. The fourth-order valence-electron chi connectivity index (χ4n) is 1.78. The van der Waals surface area contributed by atoms with Gasteiger partial charge in [0.2, 0.25) is 0 Å². The van der Waals surface area contributed by atoms with Crippen molar-refractivity contribution >= 4 is 23.1 Å². The summed E-state index contributed by atoms with van der Waals surface area (Å²) in [6, 6.07) is -0.251. The minimum absolute atomic E-state index is 0.0316. The van der Waals surface area contributed by atoms with Crippen molar-refractivity contribution in [2.24, 2.45) is 7.05 Å². The minimum atomic E-state index is -0.251. The van der Waals surface area contributed by atoms with E-state index in [1.54, 1.807) is 22.2 Å². The van der Waals surface area contributed by atoms with Crippen molar-refractivity contribution in [1.82, 2.24) is 20.1 Å². The third-order valence-electron chi connectivity index (χ3n) is 2.98. The number of nitrogens with one attached hydrogen (secondary N) is 2. The van der Waals surface area contributed by atoms with Crippen LogP contribution in [0.5, 0.6) is 0 Å². The quantitative estimate of drug-likeness (QED) is 0.916. The lowest BCUT2D eigenvalue weighted by Gasteiger charge is -2.14. The molecule has 0 fully saturated rings. The van der Waals surface area contributed by atoms with Gasteiger partial charge in [-0.25, -0.2) is 9.78 Å². The molecule has 6 nitrogen and oxygen atoms in total. The predicted molar refractivity (Wildman–Crippen MR) is 84.6 cm³/mol. The molecule has 0 spiro atoms. The van der Waals surface area contributed by atoms with Gasteiger partial charge in [0.25, 0.3) is 0 Å². The Labute approximate surface area is 128 Å². The third-order valence-corrected chi connectivity index (χ3v) is 3.83. The number of hydrogen-bond donors (Lipinski definition) is 2. The lowest BCUT2D eigenvalue weighted by molar-refractivity contribution is 0.251. The van der Waals surface area contributed by atoms with Gasteiger partial charge in [0, 0.05) is 24.0 Å². The van der Waals surface area contributed by atoms with Crippen LogP contribution in [0.1, 0.15) is 37.2 Å². The predicted octanol–water partition coefficient (Wildman–Crippen LogP) is 2.80. The van der Waals surface area contributed by atoms with Crippen molar-refractivity contribution in [3.8, 4) is 0 Å². The molecule has 0 aliphatic heterocycles. The summed E-state index contributed by atoms with van der Waals surface area (Å²) in [7, 11) is 1.82. The summed E-state index contributed by atoms with van der Waals surface area (Å²) in [6.07, 6.45) is 1.77. The van der Waals surface area contributed by atoms with Gasteiger partial charge in [-0.1, -0.05) is 20.8 Å². The van der Waals surface area contributed by atoms with E-state index < -0.39 is 0 Å². The maximum Gasteiger partial charge on any atom is 0.319 e. The van der Waals surface area contributed by atoms with Crippen LogP contribution < -0.4 is 10.6 Å². The first kappa shape index (κ1) is 15.5. The van der Waals surface area contributed by atoms with Gasteiger partial charge in [-0.05, 0) is 6.92 Å². The second-order valence-corrected chi connectivity index (χ2v) is 6.93. The number of amides is 2. The van der Waals surface area contributed by atoms with Crippen LogP contribution in [0, 0.1) is 6.92 Å². The highest BCUT2D eigenvalue weighted by Gasteiger charge is 2.17. The van der Waals surface area contributed by atoms with E-state index >= 15 is 0 Å². The average Bonchev–Trinajstić information content (AvgIpc) is 2.94. The Bertz CT molecular complexity index is 638. The Morgan fingerprint density at radius 1 is 1.43 bits per heavy atom. The molecule has 0 atom stereocenters. The summed E-state index contributed by atoms with van der Waals surface area (Å²) >= 11 is 1.56. The largest absolute Gasteiger partial charge is 0.331 e. The smallest absolute Gasteiger partial charge is 0.319 e. The van der Waals surface area contributed by atoms with Crippen LogP contribution in [0.15, 0.2) is 11.6 Å². The number of rotatable bonds is 3. The summed E-state index contributed by atoms with van der Waals surface area (Å²) < 4.78 is 1.67. The van der Waals surface area contributed by atoms with E-state index in [-0.39, 0.29) is 11.4 Å². The zero-order chi connectivity index (χ0) is 15.6. The van der Waals surface area contributed by atoms with Gasteiger partial charge < -0.3 is 10.6 Å². The molecule has 0 aliphatic carbocycles. The van der Waals surface area contributed by atoms with E-state index in [2.05, 4.69) is 41.5 Å². The van der Waals surface area contributed by atoms with Gasteiger partial charge in [-0.3, -0.25) is 4.68 Å². The Kier molecular flexibility index (Phi) is 4.32. The summed E-state index contributed by atoms with van der Waals surface area (Å²) in [4.78, 5) is 16.4. The van der Waals surface area contributed by atoms with Gasteiger partial charge in [0.05, 0.1) is 23.6 Å². The lowest BCUT2D eigenvalue weighted by atomic mass is 9.93. The van der Waals surface area contributed by atoms with Crippen molar-refractivity contribution in [2.45, 2.75) is 39.7 Å². The van der Waals surface area contributed by atoms with E-state index in [0.29, 0.717) is 12.2 Å². The highest BCUT2D eigenvalue weighted by molar-refractivity contribution is 7.09. The number of aryl methyl sites for hydroxylation is 2. The first-order chi connectivity index (χ1) is 9.75. The molecule has 2 aromatic heterocycles. The van der Waals surface area contributed by atoms with Gasteiger partial charge in [0.1, 0.15) is 5.01 Å². The molecule has 2 rings (SSSR count). The van der Waals surface area contributed by atoms with E-state index in [9.17, 15) is 4.79 Å². The van der Waals surface area contributed by atoms with Crippen LogP contribution in [-0.4, -0.2) is 20.8 Å². The van der Waals surface area contributed by atoms with E-state index in [0.717, 1.165) is 16.4 Å². The number of anilines is 1. The molecule has 21 heavy (non-hydrogen) atoms. The summed E-state index contributed by atoms with van der Waals surface area (Å²) in [5, 5.41) is 12.7. The Balaban J connectivity index is 1.89. The number of hydrogen-bond acceptors (Lipinski definition) is 4. The summed E-state index contributed by atoms with van der Waals surface area (Å²) in [5.74, 6) is 0. The Hall–Kier alpha value is -1.89. The second-order valence-electron chi connectivity index (χ2n) is 5.99. The molecule has 114 valence electrons. The fraction of sp³-hybridized carbons (Fsp3) is 0.500. The van der Waals surface area contributed by atoms with Crippen LogP contribution in [0.4, 0.5) is 10.5 Å². The molecule has 0 saturated carbocycles. The molecule has 0 bridgehead atoms. The SMILES string of the molecule is Cc1nn(C)cc1NC(=O)NCc1nc(C(C)(C)C)cs1. The van der Waals surface area contributed by atoms with Crippen molar-refractivity contribution in [2.75, 3.05) is 5.32 Å². The van der Waals surface area contributed by atoms with E-state index in [1.165, 1.54) is 0 Å². The molecule has 2 aromatic rings. The number of carbonyl (C=O) groups excluding carboxylic acids is 1. The van der Waals surface area contributed by atoms with Crippen LogP contribution in [0.3, 0.4) is 0 Å². The summed E-state index contributed by atoms with van der Waals surface area (Å²) in [6.45, 7) is 8.64. The van der Waals surface area contributed by atoms with Crippen molar-refractivity contribution in [3.05, 3.63) is 28.0 Å². The zero-order valence-electron chi connectivity index (χ0n) is 13.0. The van der Waals surface area contributed by atoms with Crippen LogP contribution >= 0.6 is 11.3 Å². The molecular formula is C14H21N5OS. The molecule has 0 unspecified atom stereocenters. The van der Waals surface area contributed by atoms with Crippen LogP contribution in [-0.2, 0) is 19.0 Å². The first-order valence-corrected chi connectivity index (χ1v) is 7.63. The maximum atomic E-state index is 11.9. The Morgan fingerprint density at radius 2 is 2.14 bits per heavy atom. The van der Waals surface area contributed by atoms with E-state index in [1.807, 2.05) is 19.4 Å². The number of carbonyl (C=O) groups is 1. The number of aromatic nitrogens is 3. The van der Waals surface area contributed by atoms with Crippen molar-refractivity contribution in [3.63, 3.8) is 0 Å². The lowest BCUT2D eigenvalue weighted by Crippen LogP contribution is -2.28. The van der Waals surface area contributed by atoms with Gasteiger partial charge in [-0.15, -0.1) is 11.3 Å². The second kappa shape index (κ2) is 5.85. The molecule has 0 saturated heterocycles. The maximum absolute atomic E-state index is 11.9. The van der Waals surface area contributed by atoms with Gasteiger partial charge in [-0.2, -0.15) is 5.10 Å². The molecule has 0 radical (unpaired) electrons. The van der Waals surface area contributed by atoms with Gasteiger partial charge >= 0.3 is 6.03 Å². The van der Waals surface area contributed by atoms with Crippen LogP contribution in [0.25, 0.3) is 0 Å². The summed E-state index contributed by atoms with van der Waals surface area (Å²) in [5.41, 5.74) is 2.58. The Morgan fingerprint density at radius 3 is 2.67 bits per heavy atom. The molecule has 2 N–H and O–H groups in total. The average molecular weight is 307 g/mol. The van der Waals surface area contributed by atoms with Crippen molar-refractivity contribution < 1.29 is 4.79 Å². The van der Waals surface area contributed by atoms with Crippen LogP contribution in [0.2, 0.25) is 0 Å². The standard InChI is InChI=1S/C14H21N5OS/c1-9-10(7-19(5)18-9)16-13(20)15-6-12-17-11(8-21-12)14(2,3)4/h7-8H,6H2,1-5H3,(H2,15,16,20). The number of nitrogens with zero attached hydrogens (tertiary/aromatic N) is 3. The molecule has 0 aliphatic rings. The fourth-order valence-corrected chi connectivity index (χ4v) is 2.74. The monoisotopic (exact) mass is 307 g/mol. The molecule has 2 heterocycles. The molecular weight excluding hydrogens is 286 g/mol. The van der Waals surface area contributed by atoms with E-state index in [4.69, 9.17) is 0 Å². The number of thiazole rings is 1. The molecule has 0 aromatic carbocycles. The van der Waals surface area contributed by atoms with Crippen molar-refractivity contribution in [1.29, 1.82) is 0 Å². The zero-order valence-corrected chi connectivity index (χ0v) is 13.8. The third kappa shape index (κ3) is 4.04. The highest BCUT2D eigenvalue weighted by atomic mass is 32.1. The molecule has 7 heteroatoms. The number of urea groups is 1. The normalized spacial score (nSPS) is 11.5. The minimum Gasteiger partial charge on any atom is -0.331 e. The topological polar surface area (TPSA) is 71.8 Å². The van der Waals surface area contributed by atoms with Gasteiger partial charge in [0.15, 0.2) is 0 Å². The highest BCUT2D eigenvalue weighted by Crippen LogP contribution is 2.23. The first-order valence-electron chi connectivity index (χ1n) is 6.75.